The molecule has 0 bridgehead atoms. The summed E-state index contributed by atoms with van der Waals surface area (Å²) >= 11 is 0. The highest BCUT2D eigenvalue weighted by molar-refractivity contribution is 5.53. The first-order valence-corrected chi connectivity index (χ1v) is 2.40. The molecule has 0 unspecified atom stereocenters. The van der Waals surface area contributed by atoms with Crippen molar-refractivity contribution in [3.8, 4) is 0 Å². The fourth-order valence-electron chi connectivity index (χ4n) is 0.136. The molecule has 0 aromatic heterocycles. The van der Waals surface area contributed by atoms with Crippen LogP contribution >= 0.6 is 0 Å². The lowest BCUT2D eigenvalue weighted by Gasteiger charge is -1.86. The number of rotatable bonds is 3. The quantitative estimate of drug-likeness (QED) is 0.360. The third-order valence-corrected chi connectivity index (χ3v) is 0.332. The lowest BCUT2D eigenvalue weighted by molar-refractivity contribution is 0.137. The zero-order valence-electron chi connectivity index (χ0n) is 5.49. The number of ether oxygens (including phenoxy) is 1. The molecule has 0 saturated heterocycles. The fourth-order valence-corrected chi connectivity index (χ4v) is 0.136. The molecule has 4 heteroatoms. The van der Waals surface area contributed by atoms with E-state index in [1.54, 1.807) is 6.08 Å². The first-order chi connectivity index (χ1) is 4.65. The van der Waals surface area contributed by atoms with Crippen molar-refractivity contribution in [2.45, 2.75) is 0 Å². The van der Waals surface area contributed by atoms with E-state index in [0.717, 1.165) is 0 Å². The SMILES string of the molecule is C=CCOC=C.O=C(O)O. The van der Waals surface area contributed by atoms with Crippen LogP contribution in [0.25, 0.3) is 0 Å². The second-order valence-electron chi connectivity index (χ2n) is 1.07. The molecular weight excluding hydrogens is 136 g/mol. The van der Waals surface area contributed by atoms with Gasteiger partial charge in [-0.1, -0.05) is 19.2 Å². The zero-order chi connectivity index (χ0) is 8.41. The highest BCUT2D eigenvalue weighted by atomic mass is 16.6. The van der Waals surface area contributed by atoms with Crippen LogP contribution in [-0.2, 0) is 4.74 Å². The molecule has 0 amide bonds. The summed E-state index contributed by atoms with van der Waals surface area (Å²) in [6.45, 7) is 7.31. The summed E-state index contributed by atoms with van der Waals surface area (Å²) in [5.74, 6) is 0. The molecular formula is C6H10O4. The van der Waals surface area contributed by atoms with E-state index in [1.165, 1.54) is 6.26 Å². The van der Waals surface area contributed by atoms with E-state index in [-0.39, 0.29) is 0 Å². The molecule has 0 aliphatic rings. The number of carbonyl (C=O) groups is 1. The molecule has 0 aliphatic carbocycles. The molecule has 58 valence electrons. The smallest absolute Gasteiger partial charge is 0.498 e. The van der Waals surface area contributed by atoms with Gasteiger partial charge in [-0.2, -0.15) is 0 Å². The number of hydrogen-bond donors (Lipinski definition) is 2. The average Bonchev–Trinajstić information content (AvgIpc) is 1.82. The maximum absolute atomic E-state index is 8.56. The van der Waals surface area contributed by atoms with Gasteiger partial charge in [-0.3, -0.25) is 0 Å². The summed E-state index contributed by atoms with van der Waals surface area (Å²) in [4.78, 5) is 8.56. The minimum Gasteiger partial charge on any atom is -0.498 e. The minimum absolute atomic E-state index is 0.559. The highest BCUT2D eigenvalue weighted by Gasteiger charge is 1.70. The summed E-state index contributed by atoms with van der Waals surface area (Å²) in [6, 6.07) is 0. The van der Waals surface area contributed by atoms with Crippen LogP contribution < -0.4 is 0 Å². The van der Waals surface area contributed by atoms with Crippen LogP contribution in [-0.4, -0.2) is 23.0 Å². The van der Waals surface area contributed by atoms with Crippen molar-refractivity contribution < 1.29 is 19.7 Å². The van der Waals surface area contributed by atoms with E-state index in [4.69, 9.17) is 15.0 Å². The summed E-state index contributed by atoms with van der Waals surface area (Å²) in [6.07, 6.45) is 1.23. The van der Waals surface area contributed by atoms with Crippen molar-refractivity contribution >= 4 is 6.16 Å². The monoisotopic (exact) mass is 146 g/mol. The average molecular weight is 146 g/mol. The standard InChI is InChI=1S/C5H8O.CH2O3/c1-3-5-6-4-2;2-1(3)4/h3-4H,1-2,5H2;(H2,2,3,4). The van der Waals surface area contributed by atoms with Gasteiger partial charge in [-0.05, 0) is 0 Å². The van der Waals surface area contributed by atoms with Gasteiger partial charge < -0.3 is 14.9 Å². The Balaban J connectivity index is 0. The molecule has 4 nitrogen and oxygen atoms in total. The molecule has 10 heavy (non-hydrogen) atoms. The van der Waals surface area contributed by atoms with Gasteiger partial charge in [0.2, 0.25) is 0 Å². The van der Waals surface area contributed by atoms with Crippen molar-refractivity contribution in [1.29, 1.82) is 0 Å². The number of carboxylic acid groups (broad SMARTS) is 2. The van der Waals surface area contributed by atoms with E-state index < -0.39 is 6.16 Å². The second kappa shape index (κ2) is 10.5. The van der Waals surface area contributed by atoms with Crippen LogP contribution in [0.5, 0.6) is 0 Å². The summed E-state index contributed by atoms with van der Waals surface area (Å²) in [5.41, 5.74) is 0. The summed E-state index contributed by atoms with van der Waals surface area (Å²) < 4.78 is 4.63. The van der Waals surface area contributed by atoms with E-state index in [2.05, 4.69) is 17.9 Å². The van der Waals surface area contributed by atoms with Gasteiger partial charge in [-0.25, -0.2) is 4.79 Å². The maximum atomic E-state index is 8.56. The molecule has 2 N–H and O–H groups in total. The third kappa shape index (κ3) is 84.0. The predicted octanol–water partition coefficient (Wildman–Crippen LogP) is 1.55. The molecule has 0 aliphatic heterocycles. The molecule has 0 saturated carbocycles. The molecule has 0 fully saturated rings. The number of hydrogen-bond acceptors (Lipinski definition) is 2. The first-order valence-electron chi connectivity index (χ1n) is 2.40. The Morgan fingerprint density at radius 1 is 1.50 bits per heavy atom. The highest BCUT2D eigenvalue weighted by Crippen LogP contribution is 1.69. The topological polar surface area (TPSA) is 66.8 Å². The van der Waals surface area contributed by atoms with Crippen LogP contribution in [0.1, 0.15) is 0 Å². The van der Waals surface area contributed by atoms with Gasteiger partial charge in [0.25, 0.3) is 0 Å². The van der Waals surface area contributed by atoms with Crippen LogP contribution in [0.2, 0.25) is 0 Å². The van der Waals surface area contributed by atoms with E-state index in [1.807, 2.05) is 0 Å². The van der Waals surface area contributed by atoms with Crippen molar-refractivity contribution in [2.24, 2.45) is 0 Å². The lowest BCUT2D eigenvalue weighted by atomic mass is 10.7. The Hall–Kier alpha value is -1.45. The molecule has 0 spiro atoms. The molecule has 0 radical (unpaired) electrons. The van der Waals surface area contributed by atoms with Gasteiger partial charge in [0.15, 0.2) is 0 Å². The van der Waals surface area contributed by atoms with Crippen LogP contribution in [0.4, 0.5) is 4.79 Å². The molecule has 0 aromatic rings. The maximum Gasteiger partial charge on any atom is 0.503 e. The molecule has 0 aromatic carbocycles. The predicted molar refractivity (Wildman–Crippen MR) is 37.0 cm³/mol. The van der Waals surface area contributed by atoms with Gasteiger partial charge in [0.1, 0.15) is 6.61 Å². The van der Waals surface area contributed by atoms with Crippen molar-refractivity contribution in [3.05, 3.63) is 25.5 Å². The van der Waals surface area contributed by atoms with Crippen molar-refractivity contribution in [3.63, 3.8) is 0 Å². The Kier molecular flexibility index (Phi) is 11.9. The van der Waals surface area contributed by atoms with Gasteiger partial charge >= 0.3 is 6.16 Å². The molecule has 0 atom stereocenters. The van der Waals surface area contributed by atoms with Crippen LogP contribution in [0, 0.1) is 0 Å². The Morgan fingerprint density at radius 3 is 2.00 bits per heavy atom. The van der Waals surface area contributed by atoms with E-state index >= 15 is 0 Å². The van der Waals surface area contributed by atoms with Gasteiger partial charge in [0.05, 0.1) is 6.26 Å². The van der Waals surface area contributed by atoms with Crippen molar-refractivity contribution in [2.75, 3.05) is 6.61 Å². The van der Waals surface area contributed by atoms with Gasteiger partial charge in [-0.15, -0.1) is 0 Å². The molecule has 0 rings (SSSR count). The Bertz CT molecular complexity index is 96.3. The lowest BCUT2D eigenvalue weighted by Crippen LogP contribution is -1.81. The zero-order valence-corrected chi connectivity index (χ0v) is 5.49. The normalized spacial score (nSPS) is 6.40. The van der Waals surface area contributed by atoms with Crippen LogP contribution in [0.15, 0.2) is 25.5 Å². The largest absolute Gasteiger partial charge is 0.503 e. The van der Waals surface area contributed by atoms with Crippen LogP contribution in [0.3, 0.4) is 0 Å². The van der Waals surface area contributed by atoms with E-state index in [0.29, 0.717) is 6.61 Å². The summed E-state index contributed by atoms with van der Waals surface area (Å²) in [7, 11) is 0. The Morgan fingerprint density at radius 2 is 1.90 bits per heavy atom. The van der Waals surface area contributed by atoms with Crippen molar-refractivity contribution in [1.82, 2.24) is 0 Å². The van der Waals surface area contributed by atoms with E-state index in [9.17, 15) is 0 Å². The third-order valence-electron chi connectivity index (χ3n) is 0.332. The summed E-state index contributed by atoms with van der Waals surface area (Å²) in [5, 5.41) is 13.9. The fraction of sp³-hybridized carbons (Fsp3) is 0.167. The second-order valence-corrected chi connectivity index (χ2v) is 1.07. The molecule has 0 heterocycles. The first kappa shape index (κ1) is 11.4. The minimum atomic E-state index is -1.83. The Labute approximate surface area is 59.1 Å². The van der Waals surface area contributed by atoms with Gasteiger partial charge in [0, 0.05) is 0 Å².